The number of benzene rings is 2. The summed E-state index contributed by atoms with van der Waals surface area (Å²) in [5.74, 6) is -1.34. The van der Waals surface area contributed by atoms with Crippen molar-refractivity contribution in [1.82, 2.24) is 4.90 Å². The van der Waals surface area contributed by atoms with Gasteiger partial charge in [-0.15, -0.1) is 0 Å². The zero-order valence-corrected chi connectivity index (χ0v) is 14.5. The standard InChI is InChI=1S/C20H21NO4/c1-12-11-16-18-14(13(12)2)7-6-8-15(18)19(24)21(20(16)25)10-5-3-4-9-17(22)23/h6-8,11H,3-5,9-10H2,1-2H3,(H,22,23). The van der Waals surface area contributed by atoms with Crippen LogP contribution in [-0.2, 0) is 4.79 Å². The van der Waals surface area contributed by atoms with Crippen molar-refractivity contribution < 1.29 is 19.5 Å². The van der Waals surface area contributed by atoms with E-state index in [0.717, 1.165) is 21.9 Å². The number of carbonyl (C=O) groups excluding carboxylic acids is 2. The first-order valence-electron chi connectivity index (χ1n) is 8.52. The van der Waals surface area contributed by atoms with E-state index >= 15 is 0 Å². The van der Waals surface area contributed by atoms with Gasteiger partial charge in [0.05, 0.1) is 0 Å². The van der Waals surface area contributed by atoms with Gasteiger partial charge >= 0.3 is 5.97 Å². The van der Waals surface area contributed by atoms with E-state index in [1.807, 2.05) is 32.0 Å². The molecule has 5 heteroatoms. The number of hydrogen-bond acceptors (Lipinski definition) is 3. The van der Waals surface area contributed by atoms with Crippen LogP contribution in [-0.4, -0.2) is 34.3 Å². The van der Waals surface area contributed by atoms with Crippen LogP contribution in [0.2, 0.25) is 0 Å². The predicted octanol–water partition coefficient (Wildman–Crippen LogP) is 3.70. The highest BCUT2D eigenvalue weighted by molar-refractivity contribution is 6.25. The average molecular weight is 339 g/mol. The van der Waals surface area contributed by atoms with Gasteiger partial charge < -0.3 is 5.11 Å². The summed E-state index contributed by atoms with van der Waals surface area (Å²) in [6.45, 7) is 4.29. The van der Waals surface area contributed by atoms with Crippen LogP contribution >= 0.6 is 0 Å². The summed E-state index contributed by atoms with van der Waals surface area (Å²) in [6.07, 6.45) is 1.95. The number of amides is 2. The van der Waals surface area contributed by atoms with E-state index in [0.29, 0.717) is 36.9 Å². The second-order valence-electron chi connectivity index (χ2n) is 6.56. The van der Waals surface area contributed by atoms with Crippen LogP contribution in [0, 0.1) is 13.8 Å². The van der Waals surface area contributed by atoms with E-state index in [9.17, 15) is 14.4 Å². The zero-order valence-electron chi connectivity index (χ0n) is 14.5. The van der Waals surface area contributed by atoms with Crippen LogP contribution in [0.1, 0.15) is 57.5 Å². The summed E-state index contributed by atoms with van der Waals surface area (Å²) >= 11 is 0. The molecule has 0 fully saturated rings. The lowest BCUT2D eigenvalue weighted by molar-refractivity contribution is -0.137. The first-order valence-corrected chi connectivity index (χ1v) is 8.52. The second-order valence-corrected chi connectivity index (χ2v) is 6.56. The Bertz CT molecular complexity index is 885. The van der Waals surface area contributed by atoms with Gasteiger partial charge in [-0.3, -0.25) is 19.3 Å². The normalized spacial score (nSPS) is 13.6. The maximum absolute atomic E-state index is 12.9. The highest BCUT2D eigenvalue weighted by atomic mass is 16.4. The molecule has 0 saturated heterocycles. The molecule has 1 aliphatic heterocycles. The van der Waals surface area contributed by atoms with Crippen LogP contribution in [0.5, 0.6) is 0 Å². The van der Waals surface area contributed by atoms with Gasteiger partial charge in [-0.2, -0.15) is 0 Å². The van der Waals surface area contributed by atoms with E-state index in [-0.39, 0.29) is 18.2 Å². The average Bonchev–Trinajstić information content (AvgIpc) is 2.58. The fraction of sp³-hybridized carbons (Fsp3) is 0.350. The minimum absolute atomic E-state index is 0.114. The summed E-state index contributed by atoms with van der Waals surface area (Å²) in [6, 6.07) is 7.44. The molecule has 2 aromatic carbocycles. The van der Waals surface area contributed by atoms with Crippen LogP contribution in [0.25, 0.3) is 10.8 Å². The van der Waals surface area contributed by atoms with Gasteiger partial charge in [0.1, 0.15) is 0 Å². The van der Waals surface area contributed by atoms with Gasteiger partial charge in [-0.05, 0) is 55.3 Å². The Labute approximate surface area is 146 Å². The molecule has 0 spiro atoms. The molecule has 0 unspecified atom stereocenters. The first-order chi connectivity index (χ1) is 11.9. The van der Waals surface area contributed by atoms with Crippen molar-refractivity contribution in [1.29, 1.82) is 0 Å². The van der Waals surface area contributed by atoms with Crippen LogP contribution in [0.15, 0.2) is 24.3 Å². The van der Waals surface area contributed by atoms with Gasteiger partial charge in [0.25, 0.3) is 11.8 Å². The van der Waals surface area contributed by atoms with Crippen molar-refractivity contribution in [2.75, 3.05) is 6.54 Å². The topological polar surface area (TPSA) is 74.7 Å². The number of imide groups is 1. The largest absolute Gasteiger partial charge is 0.481 e. The third-order valence-electron chi connectivity index (χ3n) is 4.91. The molecule has 130 valence electrons. The summed E-state index contributed by atoms with van der Waals surface area (Å²) in [5.41, 5.74) is 3.27. The van der Waals surface area contributed by atoms with E-state index < -0.39 is 5.97 Å². The lowest BCUT2D eigenvalue weighted by atomic mass is 9.89. The summed E-state index contributed by atoms with van der Waals surface area (Å²) in [5, 5.41) is 10.4. The lowest BCUT2D eigenvalue weighted by Crippen LogP contribution is -2.41. The molecule has 5 nitrogen and oxygen atoms in total. The molecule has 0 aromatic heterocycles. The summed E-state index contributed by atoms with van der Waals surface area (Å²) < 4.78 is 0. The number of hydrogen-bond donors (Lipinski definition) is 1. The van der Waals surface area contributed by atoms with Crippen molar-refractivity contribution in [3.05, 3.63) is 46.5 Å². The van der Waals surface area contributed by atoms with E-state index in [4.69, 9.17) is 5.11 Å². The Balaban J connectivity index is 1.88. The predicted molar refractivity (Wildman–Crippen MR) is 94.9 cm³/mol. The van der Waals surface area contributed by atoms with Crippen LogP contribution in [0.3, 0.4) is 0 Å². The molecule has 1 aliphatic rings. The number of aliphatic carboxylic acids is 1. The monoisotopic (exact) mass is 339 g/mol. The van der Waals surface area contributed by atoms with E-state index in [2.05, 4.69) is 0 Å². The lowest BCUT2D eigenvalue weighted by Gasteiger charge is -2.28. The van der Waals surface area contributed by atoms with Gasteiger partial charge in [0.2, 0.25) is 0 Å². The molecule has 0 bridgehead atoms. The molecule has 0 saturated carbocycles. The van der Waals surface area contributed by atoms with Crippen molar-refractivity contribution in [3.63, 3.8) is 0 Å². The van der Waals surface area contributed by atoms with Gasteiger partial charge in [-0.1, -0.05) is 18.6 Å². The minimum Gasteiger partial charge on any atom is -0.481 e. The smallest absolute Gasteiger partial charge is 0.303 e. The van der Waals surface area contributed by atoms with Crippen LogP contribution < -0.4 is 0 Å². The number of nitrogens with zero attached hydrogens (tertiary/aromatic N) is 1. The number of carboxylic acids is 1. The highest BCUT2D eigenvalue weighted by Gasteiger charge is 2.32. The molecule has 3 rings (SSSR count). The molecule has 0 radical (unpaired) electrons. The van der Waals surface area contributed by atoms with Crippen molar-refractivity contribution in [2.45, 2.75) is 39.5 Å². The number of carboxylic acid groups (broad SMARTS) is 1. The Hall–Kier alpha value is -2.69. The Morgan fingerprint density at radius 1 is 1.04 bits per heavy atom. The second kappa shape index (κ2) is 6.67. The fourth-order valence-electron chi connectivity index (χ4n) is 3.42. The molecular weight excluding hydrogens is 318 g/mol. The molecule has 25 heavy (non-hydrogen) atoms. The number of aryl methyl sites for hydroxylation is 2. The maximum atomic E-state index is 12.9. The quantitative estimate of drug-likeness (QED) is 0.643. The Morgan fingerprint density at radius 3 is 2.48 bits per heavy atom. The number of rotatable bonds is 6. The molecule has 1 heterocycles. The zero-order chi connectivity index (χ0) is 18.1. The maximum Gasteiger partial charge on any atom is 0.303 e. The highest BCUT2D eigenvalue weighted by Crippen LogP contribution is 2.33. The van der Waals surface area contributed by atoms with E-state index in [1.54, 1.807) is 6.07 Å². The Morgan fingerprint density at radius 2 is 1.76 bits per heavy atom. The Kier molecular flexibility index (Phi) is 4.57. The van der Waals surface area contributed by atoms with E-state index in [1.165, 1.54) is 4.90 Å². The van der Waals surface area contributed by atoms with Crippen molar-refractivity contribution in [2.24, 2.45) is 0 Å². The van der Waals surface area contributed by atoms with Gasteiger partial charge in [0.15, 0.2) is 0 Å². The minimum atomic E-state index is -0.823. The third-order valence-corrected chi connectivity index (χ3v) is 4.91. The SMILES string of the molecule is Cc1cc2c3c(cccc3c1C)C(=O)N(CCCCCC(=O)O)C2=O. The van der Waals surface area contributed by atoms with Gasteiger partial charge in [0, 0.05) is 29.5 Å². The first kappa shape index (κ1) is 17.1. The number of carbonyl (C=O) groups is 3. The molecule has 2 aromatic rings. The number of unbranched alkanes of at least 4 members (excludes halogenated alkanes) is 2. The third kappa shape index (κ3) is 3.02. The molecule has 0 atom stereocenters. The molecule has 1 N–H and O–H groups in total. The molecular formula is C20H21NO4. The van der Waals surface area contributed by atoms with Crippen molar-refractivity contribution in [3.8, 4) is 0 Å². The summed E-state index contributed by atoms with van der Waals surface area (Å²) in [4.78, 5) is 37.5. The fourth-order valence-corrected chi connectivity index (χ4v) is 3.42. The summed E-state index contributed by atoms with van der Waals surface area (Å²) in [7, 11) is 0. The van der Waals surface area contributed by atoms with Crippen molar-refractivity contribution >= 4 is 28.6 Å². The molecule has 0 aliphatic carbocycles. The van der Waals surface area contributed by atoms with Crippen LogP contribution in [0.4, 0.5) is 0 Å². The van der Waals surface area contributed by atoms with Gasteiger partial charge in [-0.25, -0.2) is 0 Å². The molecule has 2 amide bonds.